The van der Waals surface area contributed by atoms with Crippen LogP contribution >= 0.6 is 12.4 Å². The second-order valence-corrected chi connectivity index (χ2v) is 10.7. The molecule has 1 saturated heterocycles. The monoisotopic (exact) mass is 540 g/mol. The lowest BCUT2D eigenvalue weighted by Gasteiger charge is -2.33. The van der Waals surface area contributed by atoms with Crippen molar-refractivity contribution in [3.63, 3.8) is 0 Å². The van der Waals surface area contributed by atoms with E-state index in [-0.39, 0.29) is 30.3 Å². The number of ether oxygens (including phenoxy) is 1. The highest BCUT2D eigenvalue weighted by molar-refractivity contribution is 5.96. The second-order valence-electron chi connectivity index (χ2n) is 10.7. The van der Waals surface area contributed by atoms with Gasteiger partial charge in [-0.3, -0.25) is 4.79 Å². The van der Waals surface area contributed by atoms with Gasteiger partial charge in [-0.15, -0.1) is 12.4 Å². The molecule has 1 N–H and O–H groups in total. The Hall–Kier alpha value is -3.34. The maximum Gasteiger partial charge on any atom is 0.254 e. The lowest BCUT2D eigenvalue weighted by Crippen LogP contribution is -2.36. The number of halogens is 1. The number of hydrogen-bond donors (Lipinski definition) is 1. The van der Waals surface area contributed by atoms with Crippen molar-refractivity contribution < 1.29 is 9.53 Å². The molecule has 2 unspecified atom stereocenters. The Balaban J connectivity index is 0.00000308. The van der Waals surface area contributed by atoms with E-state index < -0.39 is 0 Å². The van der Waals surface area contributed by atoms with E-state index >= 15 is 0 Å². The molecule has 2 aliphatic heterocycles. The van der Waals surface area contributed by atoms with Gasteiger partial charge in [0.2, 0.25) is 0 Å². The summed E-state index contributed by atoms with van der Waals surface area (Å²) in [4.78, 5) is 15.3. The van der Waals surface area contributed by atoms with Gasteiger partial charge in [0.1, 0.15) is 11.9 Å². The topological polar surface area (TPSA) is 41.6 Å². The van der Waals surface area contributed by atoms with Crippen molar-refractivity contribution in [2.75, 3.05) is 26.2 Å². The zero-order chi connectivity index (χ0) is 25.9. The number of nitrogens with one attached hydrogen (secondary N) is 1. The third-order valence-electron chi connectivity index (χ3n) is 8.20. The van der Waals surface area contributed by atoms with Crippen molar-refractivity contribution in [1.82, 2.24) is 10.2 Å². The number of rotatable bonds is 7. The highest BCUT2D eigenvalue weighted by Crippen LogP contribution is 2.40. The van der Waals surface area contributed by atoms with Crippen LogP contribution in [0.1, 0.15) is 57.8 Å². The summed E-state index contributed by atoms with van der Waals surface area (Å²) in [5.74, 6) is 1.34. The molecule has 39 heavy (non-hydrogen) atoms. The van der Waals surface area contributed by atoms with Gasteiger partial charge in [-0.2, -0.15) is 0 Å². The van der Waals surface area contributed by atoms with Crippen molar-refractivity contribution in [2.45, 2.75) is 44.6 Å². The van der Waals surface area contributed by atoms with Crippen LogP contribution in [0.2, 0.25) is 0 Å². The van der Waals surface area contributed by atoms with E-state index in [4.69, 9.17) is 4.74 Å². The third-order valence-corrected chi connectivity index (χ3v) is 8.20. The van der Waals surface area contributed by atoms with Gasteiger partial charge in [-0.25, -0.2) is 0 Å². The average molecular weight is 541 g/mol. The summed E-state index contributed by atoms with van der Waals surface area (Å²) >= 11 is 0. The number of benzene rings is 4. The minimum atomic E-state index is 0. The van der Waals surface area contributed by atoms with Gasteiger partial charge in [0.25, 0.3) is 5.91 Å². The van der Waals surface area contributed by atoms with Gasteiger partial charge in [0, 0.05) is 36.7 Å². The standard InChI is InChI=1S/C34H36N2O2.ClH/c1-24-15-16-27(21-31(24)34(37)36-19-6-7-20-36)32-22-28(38-33-14-5-4-13-30(32)33)23-35-18-17-26-11-8-10-25-9-2-3-12-29(25)26;/h2-5,8-16,21,28,32,35H,6-7,17-20,22-23H2,1H3;1H. The number of aryl methyl sites for hydroxylation is 1. The maximum atomic E-state index is 13.3. The molecule has 0 aliphatic carbocycles. The molecule has 0 spiro atoms. The van der Waals surface area contributed by atoms with Crippen LogP contribution < -0.4 is 10.1 Å². The predicted molar refractivity (Wildman–Crippen MR) is 161 cm³/mol. The van der Waals surface area contributed by atoms with E-state index in [1.807, 2.05) is 17.9 Å². The predicted octanol–water partition coefficient (Wildman–Crippen LogP) is 6.92. The smallest absolute Gasteiger partial charge is 0.254 e. The van der Waals surface area contributed by atoms with Crippen LogP contribution in [0.15, 0.2) is 84.9 Å². The Morgan fingerprint density at radius 2 is 1.72 bits per heavy atom. The Bertz CT molecular complexity index is 1440. The van der Waals surface area contributed by atoms with Crippen molar-refractivity contribution >= 4 is 29.1 Å². The first-order valence-corrected chi connectivity index (χ1v) is 14.0. The van der Waals surface area contributed by atoms with Gasteiger partial charge in [0.15, 0.2) is 0 Å². The van der Waals surface area contributed by atoms with E-state index in [2.05, 4.69) is 84.2 Å². The molecule has 4 aromatic carbocycles. The Morgan fingerprint density at radius 3 is 2.59 bits per heavy atom. The van der Waals surface area contributed by atoms with Gasteiger partial charge >= 0.3 is 0 Å². The molecule has 1 amide bonds. The Morgan fingerprint density at radius 1 is 0.949 bits per heavy atom. The van der Waals surface area contributed by atoms with Crippen LogP contribution in [0.25, 0.3) is 10.8 Å². The van der Waals surface area contributed by atoms with E-state index in [0.717, 1.165) is 68.7 Å². The molecule has 5 heteroatoms. The minimum Gasteiger partial charge on any atom is -0.489 e. The van der Waals surface area contributed by atoms with Crippen LogP contribution in [-0.4, -0.2) is 43.1 Å². The first-order valence-electron chi connectivity index (χ1n) is 14.0. The van der Waals surface area contributed by atoms with Crippen LogP contribution in [0.4, 0.5) is 0 Å². The second kappa shape index (κ2) is 12.2. The first kappa shape index (κ1) is 27.2. The van der Waals surface area contributed by atoms with Crippen molar-refractivity contribution in [1.29, 1.82) is 0 Å². The number of carbonyl (C=O) groups is 1. The molecule has 0 bridgehead atoms. The van der Waals surface area contributed by atoms with Gasteiger partial charge < -0.3 is 15.0 Å². The van der Waals surface area contributed by atoms with E-state index in [0.29, 0.717) is 0 Å². The molecule has 2 atom stereocenters. The molecule has 0 saturated carbocycles. The van der Waals surface area contributed by atoms with Gasteiger partial charge in [0.05, 0.1) is 0 Å². The summed E-state index contributed by atoms with van der Waals surface area (Å²) in [6, 6.07) is 30.0. The Labute approximate surface area is 237 Å². The summed E-state index contributed by atoms with van der Waals surface area (Å²) in [5, 5.41) is 6.29. The third kappa shape index (κ3) is 5.83. The first-order chi connectivity index (χ1) is 18.7. The number of carbonyl (C=O) groups excluding carboxylic acids is 1. The lowest BCUT2D eigenvalue weighted by molar-refractivity contribution is 0.0792. The van der Waals surface area contributed by atoms with Gasteiger partial charge in [-0.1, -0.05) is 72.8 Å². The molecule has 4 aromatic rings. The minimum absolute atomic E-state index is 0. The average Bonchev–Trinajstić information content (AvgIpc) is 3.50. The van der Waals surface area contributed by atoms with E-state index in [1.54, 1.807) is 0 Å². The zero-order valence-electron chi connectivity index (χ0n) is 22.6. The number of fused-ring (bicyclic) bond motifs is 2. The quantitative estimate of drug-likeness (QED) is 0.259. The number of nitrogens with zero attached hydrogens (tertiary/aromatic N) is 1. The van der Waals surface area contributed by atoms with Crippen LogP contribution in [-0.2, 0) is 6.42 Å². The number of likely N-dealkylation sites (tertiary alicyclic amines) is 1. The summed E-state index contributed by atoms with van der Waals surface area (Å²) < 4.78 is 6.45. The summed E-state index contributed by atoms with van der Waals surface area (Å²) in [6.07, 6.45) is 4.15. The fraction of sp³-hybridized carbons (Fsp3) is 0.324. The highest BCUT2D eigenvalue weighted by Gasteiger charge is 2.30. The van der Waals surface area contributed by atoms with Gasteiger partial charge in [-0.05, 0) is 78.7 Å². The number of para-hydroxylation sites is 1. The molecule has 1 fully saturated rings. The molecule has 6 rings (SSSR count). The largest absolute Gasteiger partial charge is 0.489 e. The molecule has 2 aliphatic rings. The molecule has 2 heterocycles. The molecular weight excluding hydrogens is 504 g/mol. The van der Waals surface area contributed by atoms with Crippen LogP contribution in [0, 0.1) is 6.92 Å². The van der Waals surface area contributed by atoms with Crippen LogP contribution in [0.5, 0.6) is 5.75 Å². The summed E-state index contributed by atoms with van der Waals surface area (Å²) in [5.41, 5.74) is 5.69. The number of hydrogen-bond acceptors (Lipinski definition) is 3. The summed E-state index contributed by atoms with van der Waals surface area (Å²) in [7, 11) is 0. The van der Waals surface area contributed by atoms with Crippen molar-refractivity contribution in [2.24, 2.45) is 0 Å². The number of amides is 1. The van der Waals surface area contributed by atoms with E-state index in [1.165, 1.54) is 27.5 Å². The molecular formula is C34H37ClN2O2. The molecule has 0 aromatic heterocycles. The van der Waals surface area contributed by atoms with E-state index in [9.17, 15) is 4.79 Å². The maximum absolute atomic E-state index is 13.3. The Kier molecular flexibility index (Phi) is 8.54. The van der Waals surface area contributed by atoms with Crippen molar-refractivity contribution in [3.8, 4) is 5.75 Å². The highest BCUT2D eigenvalue weighted by atomic mass is 35.5. The molecule has 202 valence electrons. The van der Waals surface area contributed by atoms with Crippen LogP contribution in [0.3, 0.4) is 0 Å². The fourth-order valence-electron chi connectivity index (χ4n) is 6.11. The summed E-state index contributed by atoms with van der Waals surface area (Å²) in [6.45, 7) is 5.48. The lowest BCUT2D eigenvalue weighted by atomic mass is 9.83. The normalized spacial score (nSPS) is 18.3. The SMILES string of the molecule is Cc1ccc(C2CC(CNCCc3cccc4ccccc34)Oc3ccccc32)cc1C(=O)N1CCCC1.Cl. The fourth-order valence-corrected chi connectivity index (χ4v) is 6.11. The molecule has 4 nitrogen and oxygen atoms in total. The molecule has 0 radical (unpaired) electrons. The van der Waals surface area contributed by atoms with Crippen molar-refractivity contribution in [3.05, 3.63) is 113 Å². The zero-order valence-corrected chi connectivity index (χ0v) is 23.4.